The smallest absolute Gasteiger partial charge is 0.469 e. The number of aryl methyl sites for hydroxylation is 1. The predicted molar refractivity (Wildman–Crippen MR) is 152 cm³/mol. The van der Waals surface area contributed by atoms with Gasteiger partial charge in [0.2, 0.25) is 0 Å². The first kappa shape index (κ1) is 29.6. The molecule has 0 spiro atoms. The summed E-state index contributed by atoms with van der Waals surface area (Å²) in [5.74, 6) is 0.0754. The van der Waals surface area contributed by atoms with E-state index >= 15 is 0 Å². The molecule has 0 bridgehead atoms. The Hall–Kier alpha value is -4.91. The monoisotopic (exact) mass is 540 g/mol. The van der Waals surface area contributed by atoms with Crippen molar-refractivity contribution in [3.63, 3.8) is 0 Å². The number of benzene rings is 4. The van der Waals surface area contributed by atoms with Gasteiger partial charge in [0.1, 0.15) is 17.2 Å². The number of hydrogen-bond acceptors (Lipinski definition) is 7. The molecule has 0 aliphatic heterocycles. The third-order valence-electron chi connectivity index (χ3n) is 6.06. The minimum atomic E-state index is -0.887. The molecule has 4 aromatic rings. The van der Waals surface area contributed by atoms with Crippen molar-refractivity contribution in [3.05, 3.63) is 125 Å². The van der Waals surface area contributed by atoms with Gasteiger partial charge in [0.25, 0.3) is 0 Å². The fourth-order valence-electron chi connectivity index (χ4n) is 3.63. The maximum absolute atomic E-state index is 12.3. The van der Waals surface area contributed by atoms with Crippen LogP contribution in [-0.2, 0) is 14.9 Å². The van der Waals surface area contributed by atoms with Crippen molar-refractivity contribution in [3.8, 4) is 17.2 Å². The lowest BCUT2D eigenvalue weighted by Crippen LogP contribution is -2.19. The van der Waals surface area contributed by atoms with Crippen molar-refractivity contribution in [2.45, 2.75) is 33.1 Å². The fourth-order valence-corrected chi connectivity index (χ4v) is 3.63. The van der Waals surface area contributed by atoms with E-state index in [4.69, 9.17) is 14.2 Å². The Labute approximate surface area is 234 Å². The van der Waals surface area contributed by atoms with E-state index < -0.39 is 12.1 Å². The van der Waals surface area contributed by atoms with Crippen LogP contribution in [0.2, 0.25) is 0 Å². The van der Waals surface area contributed by atoms with Crippen LogP contribution < -0.4 is 14.2 Å². The zero-order valence-corrected chi connectivity index (χ0v) is 23.2. The van der Waals surface area contributed by atoms with Gasteiger partial charge >= 0.3 is 18.1 Å². The van der Waals surface area contributed by atoms with Crippen molar-refractivity contribution in [1.82, 2.24) is 0 Å². The summed E-state index contributed by atoms with van der Waals surface area (Å²) in [5.41, 5.74) is 3.72. The Kier molecular flexibility index (Phi) is 10.2. The molecule has 0 fully saturated rings. The van der Waals surface area contributed by atoms with Crippen molar-refractivity contribution in [2.24, 2.45) is 0 Å². The van der Waals surface area contributed by atoms with Crippen LogP contribution in [0.15, 0.2) is 103 Å². The van der Waals surface area contributed by atoms with Gasteiger partial charge in [-0.05, 0) is 54.4 Å². The first-order valence-corrected chi connectivity index (χ1v) is 12.6. The van der Waals surface area contributed by atoms with Gasteiger partial charge in [-0.25, -0.2) is 9.59 Å². The molecule has 0 N–H and O–H groups in total. The molecule has 0 saturated carbocycles. The van der Waals surface area contributed by atoms with Crippen LogP contribution in [-0.4, -0.2) is 25.2 Å². The van der Waals surface area contributed by atoms with E-state index in [0.717, 1.165) is 5.56 Å². The zero-order chi connectivity index (χ0) is 29.1. The first-order chi connectivity index (χ1) is 19.1. The lowest BCUT2D eigenvalue weighted by atomic mass is 9.78. The van der Waals surface area contributed by atoms with E-state index in [1.54, 1.807) is 54.6 Å². The average molecular weight is 541 g/mol. The molecule has 4 rings (SSSR count). The van der Waals surface area contributed by atoms with Gasteiger partial charge in [0.05, 0.1) is 12.7 Å². The van der Waals surface area contributed by atoms with Gasteiger partial charge in [0, 0.05) is 18.4 Å². The van der Waals surface area contributed by atoms with E-state index in [1.165, 1.54) is 31.2 Å². The van der Waals surface area contributed by atoms with Crippen LogP contribution in [0.5, 0.6) is 17.2 Å². The standard InChI is InChI=1S/C30H26O5.C3H6O2/c1-21-12-14-23(15-13-21)30(2,3)24-16-18-25(19-17-24)34-29(32)35-27-11-7-10-26(20-27)33-28(31)22-8-5-4-6-9-22;1-3(4)5-2/h4-20H,1-3H3;1-2H3. The van der Waals surface area contributed by atoms with Crippen molar-refractivity contribution >= 4 is 18.1 Å². The second-order valence-electron chi connectivity index (χ2n) is 9.40. The third-order valence-corrected chi connectivity index (χ3v) is 6.06. The van der Waals surface area contributed by atoms with E-state index in [2.05, 4.69) is 49.8 Å². The van der Waals surface area contributed by atoms with Crippen LogP contribution in [0.3, 0.4) is 0 Å². The highest BCUT2D eigenvalue weighted by atomic mass is 16.7. The summed E-state index contributed by atoms with van der Waals surface area (Å²) in [6.45, 7) is 7.73. The molecule has 7 heteroatoms. The van der Waals surface area contributed by atoms with Crippen LogP contribution >= 0.6 is 0 Å². The second kappa shape index (κ2) is 13.8. The molecule has 4 aromatic carbocycles. The first-order valence-electron chi connectivity index (χ1n) is 12.6. The Morgan fingerprint density at radius 1 is 0.625 bits per heavy atom. The maximum atomic E-state index is 12.3. The van der Waals surface area contributed by atoms with Gasteiger partial charge in [-0.1, -0.05) is 80.1 Å². The summed E-state index contributed by atoms with van der Waals surface area (Å²) in [7, 11) is 1.35. The van der Waals surface area contributed by atoms with Crippen molar-refractivity contribution < 1.29 is 33.3 Å². The van der Waals surface area contributed by atoms with Gasteiger partial charge < -0.3 is 18.9 Å². The largest absolute Gasteiger partial charge is 0.519 e. The normalized spacial score (nSPS) is 10.4. The molecule has 0 heterocycles. The molecule has 40 heavy (non-hydrogen) atoms. The quantitative estimate of drug-likeness (QED) is 0.144. The predicted octanol–water partition coefficient (Wildman–Crippen LogP) is 7.30. The van der Waals surface area contributed by atoms with Crippen LogP contribution in [0.4, 0.5) is 4.79 Å². The third kappa shape index (κ3) is 8.56. The molecule has 0 unspecified atom stereocenters. The molecule has 0 aromatic heterocycles. The molecule has 7 nitrogen and oxygen atoms in total. The topological polar surface area (TPSA) is 88.1 Å². The van der Waals surface area contributed by atoms with Gasteiger partial charge in [0.15, 0.2) is 0 Å². The minimum Gasteiger partial charge on any atom is -0.469 e. The van der Waals surface area contributed by atoms with Crippen molar-refractivity contribution in [2.75, 3.05) is 7.11 Å². The number of hydrogen-bond donors (Lipinski definition) is 0. The number of rotatable bonds is 6. The lowest BCUT2D eigenvalue weighted by Gasteiger charge is -2.26. The highest BCUT2D eigenvalue weighted by Crippen LogP contribution is 2.32. The summed E-state index contributed by atoms with van der Waals surface area (Å²) >= 11 is 0. The van der Waals surface area contributed by atoms with Crippen LogP contribution in [0.25, 0.3) is 0 Å². The van der Waals surface area contributed by atoms with E-state index in [-0.39, 0.29) is 22.9 Å². The summed E-state index contributed by atoms with van der Waals surface area (Å²) in [5, 5.41) is 0. The lowest BCUT2D eigenvalue weighted by molar-refractivity contribution is -0.137. The minimum absolute atomic E-state index is 0.200. The number of ether oxygens (including phenoxy) is 4. The highest BCUT2D eigenvalue weighted by molar-refractivity contribution is 5.91. The average Bonchev–Trinajstić information content (AvgIpc) is 2.94. The van der Waals surface area contributed by atoms with Gasteiger partial charge in [-0.2, -0.15) is 0 Å². The number of carbonyl (C=O) groups is 3. The molecular weight excluding hydrogens is 508 g/mol. The fraction of sp³-hybridized carbons (Fsp3) is 0.182. The van der Waals surface area contributed by atoms with Crippen LogP contribution in [0, 0.1) is 6.92 Å². The molecule has 0 saturated heterocycles. The van der Waals surface area contributed by atoms with Crippen molar-refractivity contribution in [1.29, 1.82) is 0 Å². The summed E-state index contributed by atoms with van der Waals surface area (Å²) in [6.07, 6.45) is -0.887. The molecule has 0 amide bonds. The van der Waals surface area contributed by atoms with E-state index in [1.807, 2.05) is 18.2 Å². The summed E-state index contributed by atoms with van der Waals surface area (Å²) in [4.78, 5) is 34.1. The Morgan fingerprint density at radius 3 is 1.68 bits per heavy atom. The number of carbonyl (C=O) groups excluding carboxylic acids is 3. The summed E-state index contributed by atoms with van der Waals surface area (Å²) in [6, 6.07) is 30.7. The molecule has 0 aliphatic carbocycles. The van der Waals surface area contributed by atoms with Gasteiger partial charge in [-0.15, -0.1) is 0 Å². The van der Waals surface area contributed by atoms with E-state index in [9.17, 15) is 14.4 Å². The van der Waals surface area contributed by atoms with Gasteiger partial charge in [-0.3, -0.25) is 4.79 Å². The SMILES string of the molecule is COC(C)=O.Cc1ccc(C(C)(C)c2ccc(OC(=O)Oc3cccc(OC(=O)c4ccccc4)c3)cc2)cc1. The Bertz CT molecular complexity index is 1420. The van der Waals surface area contributed by atoms with E-state index in [0.29, 0.717) is 11.3 Å². The highest BCUT2D eigenvalue weighted by Gasteiger charge is 2.23. The second-order valence-corrected chi connectivity index (χ2v) is 9.40. The zero-order valence-electron chi connectivity index (χ0n) is 23.2. The Morgan fingerprint density at radius 2 is 1.12 bits per heavy atom. The molecule has 0 radical (unpaired) electrons. The Balaban J connectivity index is 0.000000810. The molecule has 0 atom stereocenters. The molecule has 206 valence electrons. The summed E-state index contributed by atoms with van der Waals surface area (Å²) < 4.78 is 20.1. The number of methoxy groups -OCH3 is 1. The number of esters is 2. The van der Waals surface area contributed by atoms with Crippen LogP contribution in [0.1, 0.15) is 47.8 Å². The molecular formula is C33H32O7. The molecule has 0 aliphatic rings. The maximum Gasteiger partial charge on any atom is 0.519 e.